The van der Waals surface area contributed by atoms with Crippen LogP contribution in [0, 0.1) is 0 Å². The van der Waals surface area contributed by atoms with Crippen LogP contribution in [0.2, 0.25) is 0 Å². The predicted octanol–water partition coefficient (Wildman–Crippen LogP) is 2.87. The number of benzene rings is 1. The minimum atomic E-state index is 0.197. The Morgan fingerprint density at radius 2 is 1.88 bits per heavy atom. The molecule has 1 N–H and O–H groups in total. The van der Waals surface area contributed by atoms with E-state index < -0.39 is 0 Å². The summed E-state index contributed by atoms with van der Waals surface area (Å²) in [5, 5.41) is 0. The van der Waals surface area contributed by atoms with Gasteiger partial charge in [0, 0.05) is 7.11 Å². The van der Waals surface area contributed by atoms with Gasteiger partial charge in [-0.25, -0.2) is 0 Å². The molecule has 17 heavy (non-hydrogen) atoms. The highest BCUT2D eigenvalue weighted by molar-refractivity contribution is 5.24. The zero-order valence-corrected chi connectivity index (χ0v) is 11.0. The smallest absolute Gasteiger partial charge is 0.0916 e. The third kappa shape index (κ3) is 5.31. The van der Waals surface area contributed by atoms with Crippen molar-refractivity contribution in [3.63, 3.8) is 0 Å². The van der Waals surface area contributed by atoms with Crippen LogP contribution >= 0.6 is 0 Å². The molecule has 3 nitrogen and oxygen atoms in total. The molecule has 1 unspecified atom stereocenters. The van der Waals surface area contributed by atoms with Crippen molar-refractivity contribution in [2.75, 3.05) is 20.3 Å². The van der Waals surface area contributed by atoms with Crippen molar-refractivity contribution in [1.82, 2.24) is 5.48 Å². The summed E-state index contributed by atoms with van der Waals surface area (Å²) in [7, 11) is 1.67. The predicted molar refractivity (Wildman–Crippen MR) is 69.8 cm³/mol. The monoisotopic (exact) mass is 237 g/mol. The molecule has 0 saturated heterocycles. The normalized spacial score (nSPS) is 12.6. The van der Waals surface area contributed by atoms with Crippen LogP contribution in [0.1, 0.15) is 37.4 Å². The van der Waals surface area contributed by atoms with Gasteiger partial charge in [0.15, 0.2) is 0 Å². The molecule has 0 aliphatic carbocycles. The van der Waals surface area contributed by atoms with Gasteiger partial charge in [0.25, 0.3) is 0 Å². The number of hydrogen-bond donors (Lipinski definition) is 1. The molecule has 0 amide bonds. The maximum Gasteiger partial charge on any atom is 0.0916 e. The van der Waals surface area contributed by atoms with Crippen LogP contribution in [0.15, 0.2) is 24.3 Å². The highest BCUT2D eigenvalue weighted by Gasteiger charge is 2.04. The third-order valence-corrected chi connectivity index (χ3v) is 2.67. The second kappa shape index (κ2) is 8.23. The van der Waals surface area contributed by atoms with E-state index in [1.54, 1.807) is 7.11 Å². The summed E-state index contributed by atoms with van der Waals surface area (Å²) in [5.74, 6) is 0. The quantitative estimate of drug-likeness (QED) is 0.557. The van der Waals surface area contributed by atoms with E-state index in [2.05, 4.69) is 43.6 Å². The lowest BCUT2D eigenvalue weighted by molar-refractivity contribution is -0.00925. The van der Waals surface area contributed by atoms with Crippen molar-refractivity contribution < 1.29 is 9.57 Å². The van der Waals surface area contributed by atoms with Crippen molar-refractivity contribution in [3.8, 4) is 0 Å². The molecule has 0 aromatic heterocycles. The molecular formula is C14H23NO2. The van der Waals surface area contributed by atoms with Crippen molar-refractivity contribution in [1.29, 1.82) is 0 Å². The van der Waals surface area contributed by atoms with Crippen molar-refractivity contribution in [2.24, 2.45) is 0 Å². The first-order chi connectivity index (χ1) is 8.27. The Kier molecular flexibility index (Phi) is 6.86. The number of hydrogen-bond acceptors (Lipinski definition) is 3. The summed E-state index contributed by atoms with van der Waals surface area (Å²) in [6, 6.07) is 8.88. The minimum absolute atomic E-state index is 0.197. The zero-order chi connectivity index (χ0) is 12.5. The highest BCUT2D eigenvalue weighted by atomic mass is 16.7. The summed E-state index contributed by atoms with van der Waals surface area (Å²) < 4.78 is 4.91. The molecular weight excluding hydrogens is 214 g/mol. The summed E-state index contributed by atoms with van der Waals surface area (Å²) in [6.07, 6.45) is 2.33. The summed E-state index contributed by atoms with van der Waals surface area (Å²) >= 11 is 0. The van der Waals surface area contributed by atoms with E-state index in [0.717, 1.165) is 6.42 Å². The van der Waals surface area contributed by atoms with Gasteiger partial charge in [-0.2, -0.15) is 5.48 Å². The Balaban J connectivity index is 2.37. The van der Waals surface area contributed by atoms with Gasteiger partial charge in [-0.1, -0.05) is 37.6 Å². The lowest BCUT2D eigenvalue weighted by Gasteiger charge is -2.14. The maximum absolute atomic E-state index is 5.29. The minimum Gasteiger partial charge on any atom is -0.382 e. The second-order valence-corrected chi connectivity index (χ2v) is 4.17. The first-order valence-corrected chi connectivity index (χ1v) is 6.23. The number of methoxy groups -OCH3 is 1. The molecule has 0 bridgehead atoms. The fraction of sp³-hybridized carbons (Fsp3) is 0.571. The fourth-order valence-corrected chi connectivity index (χ4v) is 1.64. The molecule has 0 spiro atoms. The van der Waals surface area contributed by atoms with Gasteiger partial charge >= 0.3 is 0 Å². The SMILES string of the molecule is CCCc1ccc(C(C)NOCCOC)cc1. The van der Waals surface area contributed by atoms with Gasteiger partial charge < -0.3 is 4.74 Å². The number of hydroxylamine groups is 1. The molecule has 0 radical (unpaired) electrons. The van der Waals surface area contributed by atoms with Gasteiger partial charge in [0.1, 0.15) is 0 Å². The Morgan fingerprint density at radius 3 is 2.47 bits per heavy atom. The average molecular weight is 237 g/mol. The van der Waals surface area contributed by atoms with Crippen LogP contribution in [-0.4, -0.2) is 20.3 Å². The molecule has 1 atom stereocenters. The molecule has 0 aliphatic rings. The lowest BCUT2D eigenvalue weighted by atomic mass is 10.0. The Hall–Kier alpha value is -0.900. The van der Waals surface area contributed by atoms with Crippen molar-refractivity contribution >= 4 is 0 Å². The van der Waals surface area contributed by atoms with Gasteiger partial charge in [0.05, 0.1) is 19.3 Å². The molecule has 0 saturated carbocycles. The van der Waals surface area contributed by atoms with Gasteiger partial charge in [-0.05, 0) is 24.5 Å². The molecule has 0 aliphatic heterocycles. The largest absolute Gasteiger partial charge is 0.382 e. The number of ether oxygens (including phenoxy) is 1. The van der Waals surface area contributed by atoms with E-state index >= 15 is 0 Å². The van der Waals surface area contributed by atoms with Crippen LogP contribution in [0.25, 0.3) is 0 Å². The first kappa shape index (κ1) is 14.2. The van der Waals surface area contributed by atoms with Crippen LogP contribution in [0.5, 0.6) is 0 Å². The Morgan fingerprint density at radius 1 is 1.18 bits per heavy atom. The highest BCUT2D eigenvalue weighted by Crippen LogP contribution is 2.14. The molecule has 1 aromatic rings. The Bertz CT molecular complexity index is 298. The van der Waals surface area contributed by atoms with Crippen LogP contribution in [-0.2, 0) is 16.0 Å². The van der Waals surface area contributed by atoms with E-state index in [1.807, 2.05) is 0 Å². The standard InChI is InChI=1S/C14H23NO2/c1-4-5-13-6-8-14(9-7-13)12(2)15-17-11-10-16-3/h6-9,12,15H,4-5,10-11H2,1-3H3. The molecule has 1 rings (SSSR count). The van der Waals surface area contributed by atoms with E-state index in [0.29, 0.717) is 13.2 Å². The number of aryl methyl sites for hydroxylation is 1. The second-order valence-electron chi connectivity index (χ2n) is 4.17. The average Bonchev–Trinajstić information content (AvgIpc) is 2.36. The summed E-state index contributed by atoms with van der Waals surface area (Å²) in [6.45, 7) is 5.45. The van der Waals surface area contributed by atoms with Crippen LogP contribution < -0.4 is 5.48 Å². The summed E-state index contributed by atoms with van der Waals surface area (Å²) in [4.78, 5) is 5.29. The van der Waals surface area contributed by atoms with Crippen molar-refractivity contribution in [3.05, 3.63) is 35.4 Å². The third-order valence-electron chi connectivity index (χ3n) is 2.67. The fourth-order valence-electron chi connectivity index (χ4n) is 1.64. The number of rotatable bonds is 8. The van der Waals surface area contributed by atoms with Gasteiger partial charge in [-0.3, -0.25) is 4.84 Å². The molecule has 3 heteroatoms. The topological polar surface area (TPSA) is 30.5 Å². The van der Waals surface area contributed by atoms with E-state index in [4.69, 9.17) is 9.57 Å². The maximum atomic E-state index is 5.29. The zero-order valence-electron chi connectivity index (χ0n) is 11.0. The van der Waals surface area contributed by atoms with Crippen LogP contribution in [0.4, 0.5) is 0 Å². The van der Waals surface area contributed by atoms with E-state index in [-0.39, 0.29) is 6.04 Å². The summed E-state index contributed by atoms with van der Waals surface area (Å²) in [5.41, 5.74) is 5.64. The van der Waals surface area contributed by atoms with Gasteiger partial charge in [0.2, 0.25) is 0 Å². The molecule has 1 aromatic carbocycles. The molecule has 0 fully saturated rings. The lowest BCUT2D eigenvalue weighted by Crippen LogP contribution is -2.21. The van der Waals surface area contributed by atoms with Crippen LogP contribution in [0.3, 0.4) is 0 Å². The number of nitrogens with one attached hydrogen (secondary N) is 1. The Labute approximate surface area is 104 Å². The van der Waals surface area contributed by atoms with E-state index in [1.165, 1.54) is 17.5 Å². The van der Waals surface area contributed by atoms with Crippen molar-refractivity contribution in [2.45, 2.75) is 32.7 Å². The molecule has 0 heterocycles. The first-order valence-electron chi connectivity index (χ1n) is 6.23. The molecule has 96 valence electrons. The van der Waals surface area contributed by atoms with E-state index in [9.17, 15) is 0 Å². The van der Waals surface area contributed by atoms with Gasteiger partial charge in [-0.15, -0.1) is 0 Å².